The first-order valence-corrected chi connectivity index (χ1v) is 10.4. The van der Waals surface area contributed by atoms with Crippen molar-refractivity contribution >= 4 is 17.2 Å². The number of amides is 1. The van der Waals surface area contributed by atoms with Crippen LogP contribution in [-0.2, 0) is 11.8 Å². The van der Waals surface area contributed by atoms with Crippen LogP contribution in [0.1, 0.15) is 19.3 Å². The average molecular weight is 402 g/mol. The van der Waals surface area contributed by atoms with Crippen LogP contribution >= 0.6 is 0 Å². The molecule has 9 heteroatoms. The molecule has 1 aliphatic carbocycles. The highest BCUT2D eigenvalue weighted by molar-refractivity contribution is 5.84. The van der Waals surface area contributed by atoms with Crippen LogP contribution in [0.5, 0.6) is 0 Å². The molecular formula is C21H22N8O. The first kappa shape index (κ1) is 17.4. The fourth-order valence-corrected chi connectivity index (χ4v) is 5.13. The van der Waals surface area contributed by atoms with Crippen LogP contribution in [0.4, 0.5) is 5.82 Å². The van der Waals surface area contributed by atoms with Gasteiger partial charge in [-0.15, -0.1) is 0 Å². The van der Waals surface area contributed by atoms with Crippen molar-refractivity contribution in [2.45, 2.75) is 31.3 Å². The van der Waals surface area contributed by atoms with Crippen molar-refractivity contribution < 1.29 is 4.79 Å². The van der Waals surface area contributed by atoms with Crippen molar-refractivity contribution in [1.82, 2.24) is 29.3 Å². The second-order valence-electron chi connectivity index (χ2n) is 8.66. The summed E-state index contributed by atoms with van der Waals surface area (Å²) in [5, 5.41) is 17.8. The highest BCUT2D eigenvalue weighted by atomic mass is 16.2. The summed E-state index contributed by atoms with van der Waals surface area (Å²) in [6.07, 6.45) is 10.2. The van der Waals surface area contributed by atoms with Crippen LogP contribution in [-0.4, -0.2) is 60.4 Å². The minimum Gasteiger partial charge on any atom is -0.351 e. The van der Waals surface area contributed by atoms with E-state index in [2.05, 4.69) is 37.1 Å². The zero-order valence-corrected chi connectivity index (χ0v) is 16.7. The molecule has 4 atom stereocenters. The van der Waals surface area contributed by atoms with E-state index in [-0.39, 0.29) is 29.8 Å². The first-order chi connectivity index (χ1) is 14.6. The Kier molecular flexibility index (Phi) is 3.66. The van der Waals surface area contributed by atoms with Crippen LogP contribution in [0.2, 0.25) is 0 Å². The van der Waals surface area contributed by atoms with Gasteiger partial charge in [0.05, 0.1) is 24.1 Å². The lowest BCUT2D eigenvalue weighted by atomic mass is 10.1. The van der Waals surface area contributed by atoms with Crippen molar-refractivity contribution in [3.63, 3.8) is 0 Å². The summed E-state index contributed by atoms with van der Waals surface area (Å²) >= 11 is 0. The molecule has 152 valence electrons. The van der Waals surface area contributed by atoms with Gasteiger partial charge < -0.3 is 9.80 Å². The quantitative estimate of drug-likeness (QED) is 0.658. The van der Waals surface area contributed by atoms with Gasteiger partial charge in [0.25, 0.3) is 0 Å². The Labute approximate surface area is 173 Å². The average Bonchev–Trinajstić information content (AvgIpc) is 3.05. The number of nitriles is 1. The van der Waals surface area contributed by atoms with Gasteiger partial charge in [0.2, 0.25) is 5.91 Å². The number of aromatic nitrogens is 5. The molecule has 3 aliphatic rings. The molecule has 0 N–H and O–H groups in total. The summed E-state index contributed by atoms with van der Waals surface area (Å²) < 4.78 is 3.65. The van der Waals surface area contributed by atoms with E-state index in [1.54, 1.807) is 11.0 Å². The molecule has 0 radical (unpaired) electrons. The van der Waals surface area contributed by atoms with Crippen LogP contribution in [0, 0.1) is 23.2 Å². The second kappa shape index (κ2) is 6.29. The number of aryl methyl sites for hydroxylation is 1. The van der Waals surface area contributed by atoms with E-state index in [1.165, 1.54) is 0 Å². The zero-order chi connectivity index (χ0) is 20.4. The molecule has 3 aromatic heterocycles. The molecule has 9 nitrogen and oxygen atoms in total. The minimum atomic E-state index is -0.0805. The van der Waals surface area contributed by atoms with Gasteiger partial charge in [-0.05, 0) is 25.3 Å². The molecule has 6 rings (SSSR count). The molecule has 1 saturated carbocycles. The molecule has 2 unspecified atom stereocenters. The van der Waals surface area contributed by atoms with E-state index >= 15 is 0 Å². The maximum atomic E-state index is 12.9. The number of carbonyl (C=O) groups excluding carboxylic acids is 1. The lowest BCUT2D eigenvalue weighted by Crippen LogP contribution is -2.56. The second-order valence-corrected chi connectivity index (χ2v) is 8.66. The molecule has 3 fully saturated rings. The Morgan fingerprint density at radius 3 is 2.63 bits per heavy atom. The Hall–Kier alpha value is -3.41. The number of anilines is 1. The van der Waals surface area contributed by atoms with Crippen LogP contribution in [0.3, 0.4) is 0 Å². The molecule has 0 spiro atoms. The highest BCUT2D eigenvalue weighted by Gasteiger charge is 2.51. The lowest BCUT2D eigenvalue weighted by molar-refractivity contribution is -0.136. The van der Waals surface area contributed by atoms with Crippen molar-refractivity contribution in [1.29, 1.82) is 5.26 Å². The minimum absolute atomic E-state index is 0.0805. The molecule has 3 aromatic rings. The van der Waals surface area contributed by atoms with Gasteiger partial charge in [-0.1, -0.05) is 0 Å². The molecule has 0 aromatic carbocycles. The SMILES string of the molecule is Cn1cc(-c2cc3c(N4CC5CCC(C4)N5C(=O)[C@H]4C[C@H]4C#N)ncnn3c2)cn1. The summed E-state index contributed by atoms with van der Waals surface area (Å²) in [5.74, 6) is 0.930. The Morgan fingerprint density at radius 2 is 1.97 bits per heavy atom. The number of rotatable bonds is 3. The number of nitrogens with zero attached hydrogens (tertiary/aromatic N) is 8. The van der Waals surface area contributed by atoms with Crippen LogP contribution in [0.25, 0.3) is 16.6 Å². The molecule has 2 aliphatic heterocycles. The van der Waals surface area contributed by atoms with Crippen LogP contribution < -0.4 is 4.90 Å². The van der Waals surface area contributed by atoms with E-state index in [0.717, 1.165) is 54.8 Å². The van der Waals surface area contributed by atoms with Gasteiger partial charge in [-0.3, -0.25) is 9.48 Å². The van der Waals surface area contributed by atoms with Crippen molar-refractivity contribution in [2.75, 3.05) is 18.0 Å². The third-order valence-corrected chi connectivity index (χ3v) is 6.73. The van der Waals surface area contributed by atoms with E-state index in [0.29, 0.717) is 0 Å². The summed E-state index contributed by atoms with van der Waals surface area (Å²) in [4.78, 5) is 21.9. The molecule has 1 amide bonds. The third kappa shape index (κ3) is 2.60. The predicted octanol–water partition coefficient (Wildman–Crippen LogP) is 1.47. The van der Waals surface area contributed by atoms with Crippen LogP contribution in [0.15, 0.2) is 31.0 Å². The number of hydrogen-bond acceptors (Lipinski definition) is 6. The smallest absolute Gasteiger partial charge is 0.227 e. The third-order valence-electron chi connectivity index (χ3n) is 6.73. The predicted molar refractivity (Wildman–Crippen MR) is 108 cm³/mol. The van der Waals surface area contributed by atoms with E-state index in [9.17, 15) is 4.79 Å². The first-order valence-electron chi connectivity index (χ1n) is 10.4. The Balaban J connectivity index is 1.29. The standard InChI is InChI=1S/C21H22N8O/c1-26-8-15(7-24-26)14-5-19-20(23-12-25-28(19)9-14)27-10-16-2-3-17(11-27)29(16)21(30)18-4-13(18)6-22/h5,7-9,12-13,16-18H,2-4,10-11H2,1H3/t13-,16?,17?,18-/m0/s1. The number of piperazine rings is 1. The summed E-state index contributed by atoms with van der Waals surface area (Å²) in [6, 6.07) is 4.74. The molecular weight excluding hydrogens is 380 g/mol. The van der Waals surface area contributed by atoms with E-state index in [4.69, 9.17) is 5.26 Å². The van der Waals surface area contributed by atoms with Gasteiger partial charge in [0.15, 0.2) is 5.82 Å². The maximum absolute atomic E-state index is 12.9. The monoisotopic (exact) mass is 402 g/mol. The van der Waals surface area contributed by atoms with E-state index < -0.39 is 0 Å². The van der Waals surface area contributed by atoms with E-state index in [1.807, 2.05) is 30.2 Å². The van der Waals surface area contributed by atoms with Gasteiger partial charge in [-0.25, -0.2) is 9.50 Å². The molecule has 2 saturated heterocycles. The summed E-state index contributed by atoms with van der Waals surface area (Å²) in [5.41, 5.74) is 3.06. The van der Waals surface area contributed by atoms with Gasteiger partial charge in [-0.2, -0.15) is 15.5 Å². The Bertz CT molecular complexity index is 1180. The number of fused-ring (bicyclic) bond motifs is 3. The molecule has 5 heterocycles. The fraction of sp³-hybridized carbons (Fsp3) is 0.476. The lowest BCUT2D eigenvalue weighted by Gasteiger charge is -2.41. The van der Waals surface area contributed by atoms with Crippen molar-refractivity contribution in [3.8, 4) is 17.2 Å². The molecule has 2 bridgehead atoms. The highest BCUT2D eigenvalue weighted by Crippen LogP contribution is 2.43. The fourth-order valence-electron chi connectivity index (χ4n) is 5.13. The zero-order valence-electron chi connectivity index (χ0n) is 16.7. The number of carbonyl (C=O) groups is 1. The van der Waals surface area contributed by atoms with Crippen molar-refractivity contribution in [2.24, 2.45) is 18.9 Å². The largest absolute Gasteiger partial charge is 0.351 e. The maximum Gasteiger partial charge on any atom is 0.227 e. The topological polar surface area (TPSA) is 95.3 Å². The Morgan fingerprint density at radius 1 is 1.17 bits per heavy atom. The summed E-state index contributed by atoms with van der Waals surface area (Å²) in [7, 11) is 1.90. The summed E-state index contributed by atoms with van der Waals surface area (Å²) in [6.45, 7) is 1.54. The molecule has 30 heavy (non-hydrogen) atoms. The van der Waals surface area contributed by atoms with Crippen molar-refractivity contribution in [3.05, 3.63) is 31.0 Å². The van der Waals surface area contributed by atoms with Gasteiger partial charge >= 0.3 is 0 Å². The van der Waals surface area contributed by atoms with Gasteiger partial charge in [0, 0.05) is 55.7 Å². The van der Waals surface area contributed by atoms with Gasteiger partial charge in [0.1, 0.15) is 11.8 Å². The number of hydrogen-bond donors (Lipinski definition) is 0. The normalized spacial score (nSPS) is 27.5.